The molecule has 1 aliphatic rings. The molecule has 5 nitrogen and oxygen atoms in total. The summed E-state index contributed by atoms with van der Waals surface area (Å²) in [6.45, 7) is 8.02. The summed E-state index contributed by atoms with van der Waals surface area (Å²) in [5.41, 5.74) is 0.520. The van der Waals surface area contributed by atoms with Gasteiger partial charge in [-0.25, -0.2) is 9.97 Å². The first-order valence-corrected chi connectivity index (χ1v) is 8.94. The zero-order valence-electron chi connectivity index (χ0n) is 15.0. The molecule has 0 bridgehead atoms. The van der Waals surface area contributed by atoms with Gasteiger partial charge in [0.2, 0.25) is 0 Å². The summed E-state index contributed by atoms with van der Waals surface area (Å²) in [6.07, 6.45) is 6.90. The molecule has 1 atom stereocenters. The number of hydrogen-bond donors (Lipinski definition) is 0. The van der Waals surface area contributed by atoms with E-state index in [1.807, 2.05) is 20.0 Å². The van der Waals surface area contributed by atoms with Crippen molar-refractivity contribution in [2.75, 3.05) is 25.0 Å². The van der Waals surface area contributed by atoms with Crippen molar-refractivity contribution in [3.05, 3.63) is 17.6 Å². The smallest absolute Gasteiger partial charge is 0.272 e. The molecule has 1 saturated heterocycles. The Morgan fingerprint density at radius 3 is 2.83 bits per heavy atom. The van der Waals surface area contributed by atoms with Crippen molar-refractivity contribution < 1.29 is 4.79 Å². The Labute approximate surface area is 140 Å². The fourth-order valence-corrected chi connectivity index (χ4v) is 3.23. The molecule has 2 heterocycles. The third kappa shape index (κ3) is 4.43. The predicted molar refractivity (Wildman–Crippen MR) is 93.9 cm³/mol. The highest BCUT2D eigenvalue weighted by Gasteiger charge is 2.24. The molecule has 128 valence electrons. The average Bonchev–Trinajstić information content (AvgIpc) is 2.58. The molecule has 5 heteroatoms. The van der Waals surface area contributed by atoms with E-state index in [9.17, 15) is 4.79 Å². The first-order chi connectivity index (χ1) is 11.1. The second-order valence-corrected chi connectivity index (χ2v) is 6.49. The number of unbranched alkanes of at least 4 members (excludes halogenated alkanes) is 1. The van der Waals surface area contributed by atoms with E-state index < -0.39 is 0 Å². The highest BCUT2D eigenvalue weighted by atomic mass is 16.2. The van der Waals surface area contributed by atoms with Crippen molar-refractivity contribution in [3.63, 3.8) is 0 Å². The van der Waals surface area contributed by atoms with Crippen LogP contribution in [-0.4, -0.2) is 47.0 Å². The number of rotatable bonds is 6. The second kappa shape index (κ2) is 8.27. The highest BCUT2D eigenvalue weighted by molar-refractivity contribution is 5.92. The van der Waals surface area contributed by atoms with Crippen LogP contribution in [0.4, 0.5) is 5.82 Å². The molecule has 1 aromatic rings. The molecule has 0 aliphatic carbocycles. The van der Waals surface area contributed by atoms with E-state index in [-0.39, 0.29) is 5.91 Å². The Kier molecular flexibility index (Phi) is 6.37. The van der Waals surface area contributed by atoms with Crippen LogP contribution in [0, 0.1) is 6.92 Å². The Bertz CT molecular complexity index is 532. The summed E-state index contributed by atoms with van der Waals surface area (Å²) in [5.74, 6) is 1.58. The summed E-state index contributed by atoms with van der Waals surface area (Å²) < 4.78 is 0. The molecular formula is C18H30N4O. The lowest BCUT2D eigenvalue weighted by Gasteiger charge is -2.36. The van der Waals surface area contributed by atoms with Gasteiger partial charge >= 0.3 is 0 Å². The van der Waals surface area contributed by atoms with Crippen molar-refractivity contribution in [2.45, 2.75) is 65.3 Å². The van der Waals surface area contributed by atoms with Gasteiger partial charge in [0.25, 0.3) is 5.91 Å². The molecule has 1 aliphatic heterocycles. The van der Waals surface area contributed by atoms with Gasteiger partial charge in [-0.05, 0) is 39.0 Å². The molecule has 1 amide bonds. The molecule has 0 radical (unpaired) electrons. The summed E-state index contributed by atoms with van der Waals surface area (Å²) >= 11 is 0. The lowest BCUT2D eigenvalue weighted by atomic mass is 10.00. The third-order valence-corrected chi connectivity index (χ3v) is 4.63. The summed E-state index contributed by atoms with van der Waals surface area (Å²) in [5, 5.41) is 0. The summed E-state index contributed by atoms with van der Waals surface area (Å²) in [6, 6.07) is 2.41. The minimum absolute atomic E-state index is 0.00439. The number of aryl methyl sites for hydroxylation is 1. The van der Waals surface area contributed by atoms with E-state index in [0.29, 0.717) is 17.6 Å². The van der Waals surface area contributed by atoms with Crippen molar-refractivity contribution in [3.8, 4) is 0 Å². The predicted octanol–water partition coefficient (Wildman–Crippen LogP) is 3.43. The minimum Gasteiger partial charge on any atom is -0.354 e. The number of anilines is 1. The number of nitrogens with zero attached hydrogens (tertiary/aromatic N) is 4. The van der Waals surface area contributed by atoms with Crippen molar-refractivity contribution in [1.82, 2.24) is 14.9 Å². The average molecular weight is 318 g/mol. The van der Waals surface area contributed by atoms with E-state index in [0.717, 1.165) is 38.2 Å². The van der Waals surface area contributed by atoms with E-state index in [1.165, 1.54) is 19.3 Å². The number of amides is 1. The van der Waals surface area contributed by atoms with Gasteiger partial charge in [0, 0.05) is 32.2 Å². The van der Waals surface area contributed by atoms with E-state index in [4.69, 9.17) is 0 Å². The molecule has 1 aromatic heterocycles. The van der Waals surface area contributed by atoms with Crippen LogP contribution in [-0.2, 0) is 0 Å². The van der Waals surface area contributed by atoms with Crippen LogP contribution in [0.1, 0.15) is 68.7 Å². The Hall–Kier alpha value is -1.65. The number of carbonyl (C=O) groups excluding carboxylic acids is 1. The maximum Gasteiger partial charge on any atom is 0.272 e. The monoisotopic (exact) mass is 318 g/mol. The zero-order valence-corrected chi connectivity index (χ0v) is 15.0. The summed E-state index contributed by atoms with van der Waals surface area (Å²) in [4.78, 5) is 25.7. The fraction of sp³-hybridized carbons (Fsp3) is 0.722. The van der Waals surface area contributed by atoms with Gasteiger partial charge in [-0.15, -0.1) is 0 Å². The topological polar surface area (TPSA) is 49.3 Å². The summed E-state index contributed by atoms with van der Waals surface area (Å²) in [7, 11) is 1.85. The normalized spacial score (nSPS) is 18.1. The second-order valence-electron chi connectivity index (χ2n) is 6.49. The number of piperidine rings is 1. The molecule has 2 rings (SSSR count). The van der Waals surface area contributed by atoms with Gasteiger partial charge in [0.05, 0.1) is 0 Å². The maximum absolute atomic E-state index is 12.6. The lowest BCUT2D eigenvalue weighted by molar-refractivity contribution is 0.0787. The Balaban J connectivity index is 2.22. The molecule has 0 aromatic carbocycles. The van der Waals surface area contributed by atoms with Crippen molar-refractivity contribution >= 4 is 11.7 Å². The first kappa shape index (κ1) is 17.7. The SMILES string of the molecule is CCCCN(C)C(=O)c1cc(N2CCCCC2CC)nc(C)n1. The third-order valence-electron chi connectivity index (χ3n) is 4.63. The molecule has 0 N–H and O–H groups in total. The van der Waals surface area contributed by atoms with Gasteiger partial charge in [0.15, 0.2) is 0 Å². The van der Waals surface area contributed by atoms with E-state index in [1.54, 1.807) is 4.90 Å². The van der Waals surface area contributed by atoms with Crippen LogP contribution in [0.2, 0.25) is 0 Å². The number of carbonyl (C=O) groups is 1. The van der Waals surface area contributed by atoms with Crippen LogP contribution in [0.5, 0.6) is 0 Å². The van der Waals surface area contributed by atoms with Crippen LogP contribution in [0.15, 0.2) is 6.07 Å². The zero-order chi connectivity index (χ0) is 16.8. The molecular weight excluding hydrogens is 288 g/mol. The Morgan fingerprint density at radius 2 is 2.13 bits per heavy atom. The quantitative estimate of drug-likeness (QED) is 0.806. The fourth-order valence-electron chi connectivity index (χ4n) is 3.23. The largest absolute Gasteiger partial charge is 0.354 e. The molecule has 23 heavy (non-hydrogen) atoms. The molecule has 0 spiro atoms. The van der Waals surface area contributed by atoms with Crippen LogP contribution in [0.3, 0.4) is 0 Å². The lowest BCUT2D eigenvalue weighted by Crippen LogP contribution is -2.40. The number of aromatic nitrogens is 2. The molecule has 0 saturated carbocycles. The highest BCUT2D eigenvalue weighted by Crippen LogP contribution is 2.25. The van der Waals surface area contributed by atoms with Crippen molar-refractivity contribution in [1.29, 1.82) is 0 Å². The van der Waals surface area contributed by atoms with Crippen LogP contribution >= 0.6 is 0 Å². The maximum atomic E-state index is 12.6. The standard InChI is InChI=1S/C18H30N4O/c1-5-7-11-21(4)18(23)16-13-17(20-14(3)19-16)22-12-9-8-10-15(22)6-2/h13,15H,5-12H2,1-4H3. The number of hydrogen-bond acceptors (Lipinski definition) is 4. The van der Waals surface area contributed by atoms with Gasteiger partial charge in [-0.3, -0.25) is 4.79 Å². The van der Waals surface area contributed by atoms with Gasteiger partial charge in [-0.2, -0.15) is 0 Å². The van der Waals surface area contributed by atoms with E-state index in [2.05, 4.69) is 28.7 Å². The Morgan fingerprint density at radius 1 is 1.35 bits per heavy atom. The minimum atomic E-state index is -0.00439. The van der Waals surface area contributed by atoms with Crippen LogP contribution in [0.25, 0.3) is 0 Å². The van der Waals surface area contributed by atoms with Crippen molar-refractivity contribution in [2.24, 2.45) is 0 Å². The van der Waals surface area contributed by atoms with Gasteiger partial charge in [0.1, 0.15) is 17.3 Å². The molecule has 1 unspecified atom stereocenters. The van der Waals surface area contributed by atoms with Gasteiger partial charge < -0.3 is 9.80 Å². The van der Waals surface area contributed by atoms with Gasteiger partial charge in [-0.1, -0.05) is 20.3 Å². The van der Waals surface area contributed by atoms with Crippen LogP contribution < -0.4 is 4.90 Å². The first-order valence-electron chi connectivity index (χ1n) is 8.94. The van der Waals surface area contributed by atoms with E-state index >= 15 is 0 Å². The molecule has 1 fully saturated rings.